The van der Waals surface area contributed by atoms with Gasteiger partial charge in [-0.25, -0.2) is 8.78 Å². The molecule has 0 saturated carbocycles. The zero-order valence-electron chi connectivity index (χ0n) is 12.2. The molecule has 1 aliphatic rings. The molecule has 8 heteroatoms. The van der Waals surface area contributed by atoms with Crippen LogP contribution in [0.25, 0.3) is 0 Å². The first kappa shape index (κ1) is 17.0. The Morgan fingerprint density at radius 1 is 1.45 bits per heavy atom. The van der Waals surface area contributed by atoms with Gasteiger partial charge < -0.3 is 14.8 Å². The first-order valence-corrected chi connectivity index (χ1v) is 7.45. The zero-order chi connectivity index (χ0) is 16.3. The van der Waals surface area contributed by atoms with Gasteiger partial charge in [-0.2, -0.15) is 0 Å². The van der Waals surface area contributed by atoms with E-state index in [0.29, 0.717) is 16.0 Å². The summed E-state index contributed by atoms with van der Waals surface area (Å²) >= 11 is 3.36. The van der Waals surface area contributed by atoms with E-state index in [2.05, 4.69) is 26.6 Å². The van der Waals surface area contributed by atoms with Crippen molar-refractivity contribution >= 4 is 21.8 Å². The molecule has 2 rings (SSSR count). The van der Waals surface area contributed by atoms with Gasteiger partial charge in [0.15, 0.2) is 11.5 Å². The number of carbonyl (C=O) groups excluding carboxylic acids is 1. The van der Waals surface area contributed by atoms with E-state index in [1.807, 2.05) is 0 Å². The summed E-state index contributed by atoms with van der Waals surface area (Å²) in [6, 6.07) is 2.64. The zero-order valence-corrected chi connectivity index (χ0v) is 13.8. The second-order valence-electron chi connectivity index (χ2n) is 5.02. The summed E-state index contributed by atoms with van der Waals surface area (Å²) in [6.07, 6.45) is -0.478. The number of halogens is 3. The van der Waals surface area contributed by atoms with Gasteiger partial charge in [0.1, 0.15) is 0 Å². The number of amides is 1. The number of hydrogen-bond donors (Lipinski definition) is 2. The van der Waals surface area contributed by atoms with E-state index in [4.69, 9.17) is 9.47 Å². The van der Waals surface area contributed by atoms with Gasteiger partial charge in [-0.05, 0) is 33.6 Å². The third-order valence-electron chi connectivity index (χ3n) is 3.39. The molecule has 0 bridgehead atoms. The van der Waals surface area contributed by atoms with Gasteiger partial charge in [-0.1, -0.05) is 0 Å². The minimum Gasteiger partial charge on any atom is -0.493 e. The molecule has 22 heavy (non-hydrogen) atoms. The molecule has 2 N–H and O–H groups in total. The molecule has 1 unspecified atom stereocenters. The van der Waals surface area contributed by atoms with E-state index >= 15 is 0 Å². The summed E-state index contributed by atoms with van der Waals surface area (Å²) < 4.78 is 37.2. The quantitative estimate of drug-likeness (QED) is 0.823. The lowest BCUT2D eigenvalue weighted by Crippen LogP contribution is -2.40. The number of carbonyl (C=O) groups is 1. The van der Waals surface area contributed by atoms with Gasteiger partial charge in [-0.15, -0.1) is 0 Å². The van der Waals surface area contributed by atoms with Gasteiger partial charge in [0.2, 0.25) is 5.91 Å². The monoisotopic (exact) mass is 378 g/mol. The molecule has 1 heterocycles. The number of hydrogen-bond acceptors (Lipinski definition) is 4. The summed E-state index contributed by atoms with van der Waals surface area (Å²) in [5.74, 6) is -2.20. The highest BCUT2D eigenvalue weighted by molar-refractivity contribution is 9.10. The maximum Gasteiger partial charge on any atom is 0.262 e. The molecule has 122 valence electrons. The molecule has 1 fully saturated rings. The van der Waals surface area contributed by atoms with E-state index in [9.17, 15) is 13.6 Å². The predicted molar refractivity (Wildman–Crippen MR) is 80.4 cm³/mol. The Kier molecular flexibility index (Phi) is 5.23. The summed E-state index contributed by atoms with van der Waals surface area (Å²) in [5.41, 5.74) is 0.766. The predicted octanol–water partition coefficient (Wildman–Crippen LogP) is 2.08. The van der Waals surface area contributed by atoms with Gasteiger partial charge in [0.05, 0.1) is 31.3 Å². The molecule has 0 aliphatic carbocycles. The van der Waals surface area contributed by atoms with E-state index in [1.165, 1.54) is 14.2 Å². The van der Waals surface area contributed by atoms with E-state index in [-0.39, 0.29) is 6.54 Å². The van der Waals surface area contributed by atoms with Crippen molar-refractivity contribution in [1.82, 2.24) is 10.6 Å². The van der Waals surface area contributed by atoms with Crippen molar-refractivity contribution in [1.29, 1.82) is 0 Å². The summed E-state index contributed by atoms with van der Waals surface area (Å²) in [4.78, 5) is 11.9. The van der Waals surface area contributed by atoms with Crippen LogP contribution in [0.1, 0.15) is 12.0 Å². The highest BCUT2D eigenvalue weighted by Crippen LogP contribution is 2.36. The Hall–Kier alpha value is -1.41. The summed E-state index contributed by atoms with van der Waals surface area (Å²) in [7, 11) is 3.03. The van der Waals surface area contributed by atoms with Gasteiger partial charge in [-0.3, -0.25) is 10.1 Å². The van der Waals surface area contributed by atoms with Crippen molar-refractivity contribution in [2.45, 2.75) is 24.9 Å². The van der Waals surface area contributed by atoms with Gasteiger partial charge in [0.25, 0.3) is 5.92 Å². The molecule has 1 amide bonds. The number of methoxy groups -OCH3 is 2. The van der Waals surface area contributed by atoms with E-state index in [1.54, 1.807) is 12.1 Å². The topological polar surface area (TPSA) is 59.6 Å². The van der Waals surface area contributed by atoms with Crippen molar-refractivity contribution < 1.29 is 23.0 Å². The van der Waals surface area contributed by atoms with Crippen molar-refractivity contribution in [2.75, 3.05) is 20.8 Å². The number of rotatable bonds is 5. The summed E-state index contributed by atoms with van der Waals surface area (Å²) in [5, 5.41) is 5.16. The highest BCUT2D eigenvalue weighted by Gasteiger charge is 2.42. The normalized spacial score (nSPS) is 19.8. The number of benzene rings is 1. The second-order valence-corrected chi connectivity index (χ2v) is 5.88. The number of ether oxygens (including phenoxy) is 2. The Morgan fingerprint density at radius 2 is 2.18 bits per heavy atom. The molecule has 1 aromatic carbocycles. The first-order valence-electron chi connectivity index (χ1n) is 6.65. The molecule has 5 nitrogen and oxygen atoms in total. The van der Waals surface area contributed by atoms with Crippen LogP contribution in [0.2, 0.25) is 0 Å². The van der Waals surface area contributed by atoms with Gasteiger partial charge in [0, 0.05) is 13.0 Å². The fourth-order valence-corrected chi connectivity index (χ4v) is 2.94. The Balaban J connectivity index is 2.00. The average molecular weight is 379 g/mol. The smallest absolute Gasteiger partial charge is 0.262 e. The standard InChI is InChI=1S/C14H17BrF2N2O3/c1-21-11-4-8(3-9(15)12(11)22-2)6-18-13(20)10-5-14(16,17)7-19-10/h3-4,10,19H,5-7H2,1-2H3,(H,18,20). The molecule has 0 radical (unpaired) electrons. The van der Waals surface area contributed by atoms with Crippen molar-refractivity contribution in [3.05, 3.63) is 22.2 Å². The lowest BCUT2D eigenvalue weighted by Gasteiger charge is -2.14. The van der Waals surface area contributed by atoms with Gasteiger partial charge >= 0.3 is 0 Å². The number of nitrogens with one attached hydrogen (secondary N) is 2. The maximum absolute atomic E-state index is 13.1. The van der Waals surface area contributed by atoms with Crippen LogP contribution in [0, 0.1) is 0 Å². The molecule has 0 aromatic heterocycles. The Bertz CT molecular complexity index is 569. The third-order valence-corrected chi connectivity index (χ3v) is 3.98. The first-order chi connectivity index (χ1) is 10.4. The molecular formula is C14H17BrF2N2O3. The maximum atomic E-state index is 13.1. The van der Waals surface area contributed by atoms with E-state index < -0.39 is 30.8 Å². The van der Waals surface area contributed by atoms with Crippen LogP contribution in [0.5, 0.6) is 11.5 Å². The van der Waals surface area contributed by atoms with Crippen LogP contribution < -0.4 is 20.1 Å². The summed E-state index contributed by atoms with van der Waals surface area (Å²) in [6.45, 7) is -0.255. The van der Waals surface area contributed by atoms with Crippen molar-refractivity contribution in [2.24, 2.45) is 0 Å². The van der Waals surface area contributed by atoms with Crippen LogP contribution in [-0.4, -0.2) is 38.6 Å². The molecule has 1 saturated heterocycles. The second kappa shape index (κ2) is 6.78. The van der Waals surface area contributed by atoms with Crippen LogP contribution in [0.3, 0.4) is 0 Å². The van der Waals surface area contributed by atoms with Crippen molar-refractivity contribution in [3.8, 4) is 11.5 Å². The largest absolute Gasteiger partial charge is 0.493 e. The lowest BCUT2D eigenvalue weighted by atomic mass is 10.1. The van der Waals surface area contributed by atoms with E-state index in [0.717, 1.165) is 5.56 Å². The van der Waals surface area contributed by atoms with Crippen LogP contribution in [0.15, 0.2) is 16.6 Å². The Morgan fingerprint density at radius 3 is 2.73 bits per heavy atom. The molecule has 1 aliphatic heterocycles. The SMILES string of the molecule is COc1cc(CNC(=O)C2CC(F)(F)CN2)cc(Br)c1OC. The fraction of sp³-hybridized carbons (Fsp3) is 0.500. The third kappa shape index (κ3) is 3.86. The minimum absolute atomic E-state index is 0.210. The lowest BCUT2D eigenvalue weighted by molar-refractivity contribution is -0.123. The highest BCUT2D eigenvalue weighted by atomic mass is 79.9. The number of alkyl halides is 2. The van der Waals surface area contributed by atoms with Crippen LogP contribution in [-0.2, 0) is 11.3 Å². The molecule has 0 spiro atoms. The van der Waals surface area contributed by atoms with Crippen LogP contribution in [0.4, 0.5) is 8.78 Å². The average Bonchev–Trinajstić information content (AvgIpc) is 2.84. The molecule has 1 atom stereocenters. The minimum atomic E-state index is -2.83. The van der Waals surface area contributed by atoms with Crippen LogP contribution >= 0.6 is 15.9 Å². The van der Waals surface area contributed by atoms with Crippen molar-refractivity contribution in [3.63, 3.8) is 0 Å². The Labute approximate surface area is 135 Å². The molecule has 1 aromatic rings. The fourth-order valence-electron chi connectivity index (χ4n) is 2.29. The molecular weight excluding hydrogens is 362 g/mol.